The first-order chi connectivity index (χ1) is 13.5. The van der Waals surface area contributed by atoms with Gasteiger partial charge in [0.15, 0.2) is 0 Å². The number of nitriles is 1. The Balaban J connectivity index is 1.39. The van der Waals surface area contributed by atoms with Crippen LogP contribution in [0.15, 0.2) is 42.5 Å². The molecule has 0 radical (unpaired) electrons. The summed E-state index contributed by atoms with van der Waals surface area (Å²) >= 11 is 6.25. The lowest BCUT2D eigenvalue weighted by atomic mass is 9.77. The van der Waals surface area contributed by atoms with E-state index in [9.17, 15) is 0 Å². The smallest absolute Gasteiger partial charge is 0.101 e. The number of nitrogens with zero attached hydrogens (tertiary/aromatic N) is 3. The maximum Gasteiger partial charge on any atom is 0.101 e. The van der Waals surface area contributed by atoms with Gasteiger partial charge in [0.2, 0.25) is 0 Å². The van der Waals surface area contributed by atoms with E-state index < -0.39 is 0 Å². The van der Waals surface area contributed by atoms with Gasteiger partial charge in [-0.1, -0.05) is 37.6 Å². The summed E-state index contributed by atoms with van der Waals surface area (Å²) in [6.45, 7) is 8.91. The van der Waals surface area contributed by atoms with E-state index in [1.165, 1.54) is 30.5 Å². The van der Waals surface area contributed by atoms with Gasteiger partial charge in [0.25, 0.3) is 0 Å². The summed E-state index contributed by atoms with van der Waals surface area (Å²) in [5.74, 6) is 0.582. The van der Waals surface area contributed by atoms with E-state index in [1.807, 2.05) is 18.2 Å². The highest BCUT2D eigenvalue weighted by Gasteiger charge is 2.40. The fraction of sp³-hybridized carbons (Fsp3) is 0.458. The quantitative estimate of drug-likeness (QED) is 0.656. The van der Waals surface area contributed by atoms with Crippen LogP contribution < -0.4 is 9.80 Å². The molecule has 4 heteroatoms. The van der Waals surface area contributed by atoms with Crippen LogP contribution in [0.25, 0.3) is 0 Å². The van der Waals surface area contributed by atoms with Crippen LogP contribution in [0, 0.1) is 16.7 Å². The van der Waals surface area contributed by atoms with Crippen LogP contribution in [0.5, 0.6) is 0 Å². The molecule has 2 aromatic rings. The molecule has 2 aliphatic rings. The highest BCUT2D eigenvalue weighted by molar-refractivity contribution is 6.32. The Morgan fingerprint density at radius 3 is 2.11 bits per heavy atom. The van der Waals surface area contributed by atoms with Gasteiger partial charge in [-0.2, -0.15) is 5.26 Å². The molecule has 0 aliphatic carbocycles. The van der Waals surface area contributed by atoms with Crippen LogP contribution in [-0.2, 0) is 0 Å². The lowest BCUT2D eigenvalue weighted by molar-refractivity contribution is 0.250. The van der Waals surface area contributed by atoms with Crippen LogP contribution >= 0.6 is 11.6 Å². The van der Waals surface area contributed by atoms with E-state index in [1.54, 1.807) is 0 Å². The molecule has 2 fully saturated rings. The van der Waals surface area contributed by atoms with Crippen molar-refractivity contribution in [3.05, 3.63) is 58.6 Å². The molecule has 0 unspecified atom stereocenters. The van der Waals surface area contributed by atoms with Crippen molar-refractivity contribution in [2.75, 3.05) is 36.0 Å². The maximum atomic E-state index is 9.08. The fourth-order valence-electron chi connectivity index (χ4n) is 4.66. The molecule has 28 heavy (non-hydrogen) atoms. The zero-order chi connectivity index (χ0) is 19.7. The average molecular weight is 394 g/mol. The number of anilines is 2. The van der Waals surface area contributed by atoms with Crippen LogP contribution in [0.2, 0.25) is 5.02 Å². The number of benzene rings is 2. The third-order valence-corrected chi connectivity index (χ3v) is 6.94. The summed E-state index contributed by atoms with van der Waals surface area (Å²) in [6, 6.07) is 17.1. The lowest BCUT2D eigenvalue weighted by Crippen LogP contribution is -2.41. The molecule has 2 saturated heterocycles. The predicted molar refractivity (Wildman–Crippen MR) is 117 cm³/mol. The van der Waals surface area contributed by atoms with Crippen molar-refractivity contribution < 1.29 is 0 Å². The standard InChI is InChI=1S/C24H28ClN3/c1-18(2)19-3-6-21(7-4-19)27-12-9-24(10-13-27)11-14-28(17-24)22-8-5-20(16-26)23(25)15-22/h3-8,15,18H,9-14,17H2,1-2H3. The van der Waals surface area contributed by atoms with Gasteiger partial charge >= 0.3 is 0 Å². The first-order valence-electron chi connectivity index (χ1n) is 10.3. The van der Waals surface area contributed by atoms with Crippen molar-refractivity contribution in [1.29, 1.82) is 5.26 Å². The fourth-order valence-corrected chi connectivity index (χ4v) is 4.88. The lowest BCUT2D eigenvalue weighted by Gasteiger charge is -2.40. The van der Waals surface area contributed by atoms with Crippen LogP contribution in [0.3, 0.4) is 0 Å². The molecule has 4 rings (SSSR count). The molecule has 1 spiro atoms. The topological polar surface area (TPSA) is 30.3 Å². The summed E-state index contributed by atoms with van der Waals surface area (Å²) < 4.78 is 0. The molecule has 3 nitrogen and oxygen atoms in total. The molecule has 0 atom stereocenters. The van der Waals surface area contributed by atoms with Gasteiger partial charge in [0.1, 0.15) is 6.07 Å². The molecular formula is C24H28ClN3. The Kier molecular flexibility index (Phi) is 5.25. The largest absolute Gasteiger partial charge is 0.371 e. The van der Waals surface area contributed by atoms with Crippen molar-refractivity contribution in [1.82, 2.24) is 0 Å². The average Bonchev–Trinajstić information content (AvgIpc) is 3.12. The second-order valence-corrected chi connectivity index (χ2v) is 9.09. The molecule has 0 bridgehead atoms. The zero-order valence-corrected chi connectivity index (χ0v) is 17.5. The van der Waals surface area contributed by atoms with E-state index in [4.69, 9.17) is 16.9 Å². The monoisotopic (exact) mass is 393 g/mol. The summed E-state index contributed by atoms with van der Waals surface area (Å²) in [7, 11) is 0. The van der Waals surface area contributed by atoms with Crippen molar-refractivity contribution in [3.63, 3.8) is 0 Å². The number of halogens is 1. The van der Waals surface area contributed by atoms with Gasteiger partial charge in [-0.05, 0) is 66.5 Å². The molecule has 0 aromatic heterocycles. The second kappa shape index (κ2) is 7.68. The summed E-state index contributed by atoms with van der Waals surface area (Å²) in [5.41, 5.74) is 4.87. The number of rotatable bonds is 3. The predicted octanol–water partition coefficient (Wildman–Crippen LogP) is 5.83. The molecule has 2 heterocycles. The molecule has 0 saturated carbocycles. The minimum atomic E-state index is 0.411. The molecule has 146 valence electrons. The summed E-state index contributed by atoms with van der Waals surface area (Å²) in [5, 5.41) is 9.64. The number of piperidine rings is 1. The Morgan fingerprint density at radius 2 is 1.54 bits per heavy atom. The van der Waals surface area contributed by atoms with Crippen LogP contribution in [0.4, 0.5) is 11.4 Å². The first kappa shape index (κ1) is 19.2. The van der Waals surface area contributed by atoms with Crippen molar-refractivity contribution >= 4 is 23.0 Å². The molecular weight excluding hydrogens is 366 g/mol. The van der Waals surface area contributed by atoms with E-state index >= 15 is 0 Å². The minimum absolute atomic E-state index is 0.411. The Labute approximate surface area is 173 Å². The molecule has 2 aliphatic heterocycles. The van der Waals surface area contributed by atoms with Crippen LogP contribution in [0.1, 0.15) is 50.2 Å². The maximum absolute atomic E-state index is 9.08. The zero-order valence-electron chi connectivity index (χ0n) is 16.8. The van der Waals surface area contributed by atoms with Gasteiger partial charge in [-0.3, -0.25) is 0 Å². The number of hydrogen-bond donors (Lipinski definition) is 0. The SMILES string of the molecule is CC(C)c1ccc(N2CCC3(CC2)CCN(c2ccc(C#N)c(Cl)c2)C3)cc1. The van der Waals surface area contributed by atoms with Crippen molar-refractivity contribution in [2.24, 2.45) is 5.41 Å². The summed E-state index contributed by atoms with van der Waals surface area (Å²) in [4.78, 5) is 4.98. The molecule has 0 amide bonds. The Hall–Kier alpha value is -2.18. The van der Waals surface area contributed by atoms with Gasteiger partial charge in [-0.25, -0.2) is 0 Å². The van der Waals surface area contributed by atoms with Crippen molar-refractivity contribution in [2.45, 2.75) is 39.0 Å². The van der Waals surface area contributed by atoms with Gasteiger partial charge in [-0.15, -0.1) is 0 Å². The Morgan fingerprint density at radius 1 is 0.929 bits per heavy atom. The van der Waals surface area contributed by atoms with Crippen LogP contribution in [-0.4, -0.2) is 26.2 Å². The third kappa shape index (κ3) is 3.71. The summed E-state index contributed by atoms with van der Waals surface area (Å²) in [6.07, 6.45) is 3.71. The Bertz CT molecular complexity index is 874. The molecule has 2 aromatic carbocycles. The normalized spacial score (nSPS) is 18.7. The van der Waals surface area contributed by atoms with Gasteiger partial charge < -0.3 is 9.80 Å². The van der Waals surface area contributed by atoms with Gasteiger partial charge in [0, 0.05) is 37.6 Å². The van der Waals surface area contributed by atoms with Crippen molar-refractivity contribution in [3.8, 4) is 6.07 Å². The first-order valence-corrected chi connectivity index (χ1v) is 10.7. The van der Waals surface area contributed by atoms with E-state index in [-0.39, 0.29) is 0 Å². The second-order valence-electron chi connectivity index (χ2n) is 8.68. The molecule has 0 N–H and O–H groups in total. The van der Waals surface area contributed by atoms with E-state index in [2.05, 4.69) is 54.0 Å². The van der Waals surface area contributed by atoms with E-state index in [0.717, 1.165) is 31.9 Å². The third-order valence-electron chi connectivity index (χ3n) is 6.63. The highest BCUT2D eigenvalue weighted by atomic mass is 35.5. The minimum Gasteiger partial charge on any atom is -0.371 e. The highest BCUT2D eigenvalue weighted by Crippen LogP contribution is 2.43. The number of hydrogen-bond acceptors (Lipinski definition) is 3. The van der Waals surface area contributed by atoms with Gasteiger partial charge in [0.05, 0.1) is 10.6 Å². The van der Waals surface area contributed by atoms with E-state index in [0.29, 0.717) is 21.9 Å².